The Labute approximate surface area is 227 Å². The summed E-state index contributed by atoms with van der Waals surface area (Å²) in [7, 11) is 0. The van der Waals surface area contributed by atoms with Crippen LogP contribution < -0.4 is 15.4 Å². The SMILES string of the molecule is CCOc1ccccc1C(=O)[C@@H]1[C@H]2CCCN2[C@@]2(C(=O)Nc3c(C)cc(C)cc32)[C@]12C(=O)Nc1ccccc12. The van der Waals surface area contributed by atoms with Crippen molar-refractivity contribution in [3.05, 3.63) is 88.5 Å². The van der Waals surface area contributed by atoms with Crippen LogP contribution in [-0.4, -0.2) is 41.7 Å². The van der Waals surface area contributed by atoms with Gasteiger partial charge in [-0.15, -0.1) is 0 Å². The first-order chi connectivity index (χ1) is 18.9. The number of aryl methyl sites for hydroxylation is 2. The van der Waals surface area contributed by atoms with Gasteiger partial charge in [0.25, 0.3) is 5.91 Å². The van der Waals surface area contributed by atoms with Crippen molar-refractivity contribution in [2.45, 2.75) is 50.6 Å². The molecule has 0 bridgehead atoms. The van der Waals surface area contributed by atoms with Crippen LogP contribution in [0, 0.1) is 19.8 Å². The number of ketones is 1. The van der Waals surface area contributed by atoms with Crippen molar-refractivity contribution in [3.63, 3.8) is 0 Å². The first kappa shape index (κ1) is 24.1. The van der Waals surface area contributed by atoms with E-state index in [9.17, 15) is 14.4 Å². The largest absolute Gasteiger partial charge is 0.493 e. The molecule has 7 rings (SSSR count). The molecule has 0 saturated carbocycles. The first-order valence-electron chi connectivity index (χ1n) is 13.7. The molecule has 4 aliphatic heterocycles. The summed E-state index contributed by atoms with van der Waals surface area (Å²) in [4.78, 5) is 46.3. The quantitative estimate of drug-likeness (QED) is 0.486. The zero-order valence-corrected chi connectivity index (χ0v) is 22.3. The lowest BCUT2D eigenvalue weighted by Crippen LogP contribution is -2.62. The van der Waals surface area contributed by atoms with Crippen molar-refractivity contribution in [2.24, 2.45) is 5.92 Å². The molecule has 0 aliphatic carbocycles. The molecule has 4 aliphatic rings. The zero-order chi connectivity index (χ0) is 27.1. The molecule has 198 valence electrons. The van der Waals surface area contributed by atoms with E-state index in [4.69, 9.17) is 4.74 Å². The second-order valence-corrected chi connectivity index (χ2v) is 11.2. The Kier molecular flexibility index (Phi) is 5.11. The van der Waals surface area contributed by atoms with Crippen molar-refractivity contribution in [1.29, 1.82) is 0 Å². The third kappa shape index (κ3) is 2.78. The van der Waals surface area contributed by atoms with Crippen molar-refractivity contribution >= 4 is 29.0 Å². The van der Waals surface area contributed by atoms with Gasteiger partial charge in [0.15, 0.2) is 5.78 Å². The number of hydrogen-bond donors (Lipinski definition) is 2. The molecule has 3 aromatic carbocycles. The van der Waals surface area contributed by atoms with E-state index < -0.39 is 16.9 Å². The summed E-state index contributed by atoms with van der Waals surface area (Å²) >= 11 is 0. The maximum absolute atomic E-state index is 14.9. The van der Waals surface area contributed by atoms with Crippen LogP contribution in [0.4, 0.5) is 11.4 Å². The van der Waals surface area contributed by atoms with E-state index in [0.29, 0.717) is 35.7 Å². The number of ether oxygens (including phenoxy) is 1. The molecule has 39 heavy (non-hydrogen) atoms. The summed E-state index contributed by atoms with van der Waals surface area (Å²) in [5, 5.41) is 6.27. The van der Waals surface area contributed by atoms with Gasteiger partial charge in [0.1, 0.15) is 16.7 Å². The number of carbonyl (C=O) groups is 3. The molecule has 7 heteroatoms. The lowest BCUT2D eigenvalue weighted by Gasteiger charge is -2.43. The summed E-state index contributed by atoms with van der Waals surface area (Å²) in [5.41, 5.74) is 2.49. The molecule has 3 aromatic rings. The van der Waals surface area contributed by atoms with E-state index in [0.717, 1.165) is 35.2 Å². The average Bonchev–Trinajstić information content (AvgIpc) is 3.64. The van der Waals surface area contributed by atoms with Gasteiger partial charge in [0.05, 0.1) is 18.1 Å². The van der Waals surface area contributed by atoms with E-state index in [1.165, 1.54) is 0 Å². The third-order valence-corrected chi connectivity index (χ3v) is 9.28. The molecule has 4 heterocycles. The normalized spacial score (nSPS) is 28.4. The van der Waals surface area contributed by atoms with Gasteiger partial charge in [-0.25, -0.2) is 0 Å². The highest BCUT2D eigenvalue weighted by Gasteiger charge is 2.81. The lowest BCUT2D eigenvalue weighted by atomic mass is 9.57. The average molecular weight is 522 g/mol. The van der Waals surface area contributed by atoms with Crippen molar-refractivity contribution < 1.29 is 19.1 Å². The summed E-state index contributed by atoms with van der Waals surface area (Å²) in [5.74, 6) is -0.987. The molecular formula is C32H31N3O4. The molecule has 7 nitrogen and oxygen atoms in total. The van der Waals surface area contributed by atoms with Crippen molar-refractivity contribution in [1.82, 2.24) is 4.90 Å². The van der Waals surface area contributed by atoms with Crippen LogP contribution in [0.1, 0.15) is 52.4 Å². The fourth-order valence-corrected chi connectivity index (χ4v) is 8.16. The van der Waals surface area contributed by atoms with Crippen LogP contribution in [0.25, 0.3) is 0 Å². The van der Waals surface area contributed by atoms with E-state index >= 15 is 0 Å². The minimum atomic E-state index is -1.46. The Morgan fingerprint density at radius 3 is 2.59 bits per heavy atom. The van der Waals surface area contributed by atoms with Gasteiger partial charge in [0, 0.05) is 23.0 Å². The fraction of sp³-hybridized carbons (Fsp3) is 0.344. The molecule has 2 amide bonds. The Balaban J connectivity index is 1.59. The summed E-state index contributed by atoms with van der Waals surface area (Å²) in [6, 6.07) is 18.6. The van der Waals surface area contributed by atoms with Gasteiger partial charge in [-0.05, 0) is 69.5 Å². The number of nitrogens with zero attached hydrogens (tertiary/aromatic N) is 1. The van der Waals surface area contributed by atoms with E-state index in [2.05, 4.69) is 15.5 Å². The number of anilines is 2. The number of carbonyl (C=O) groups excluding carboxylic acids is 3. The van der Waals surface area contributed by atoms with Crippen molar-refractivity contribution in [3.8, 4) is 5.75 Å². The van der Waals surface area contributed by atoms with Crippen molar-refractivity contribution in [2.75, 3.05) is 23.8 Å². The van der Waals surface area contributed by atoms with Crippen LogP contribution in [-0.2, 0) is 20.5 Å². The minimum Gasteiger partial charge on any atom is -0.493 e. The topological polar surface area (TPSA) is 87.7 Å². The van der Waals surface area contributed by atoms with Gasteiger partial charge in [0.2, 0.25) is 5.91 Å². The summed E-state index contributed by atoms with van der Waals surface area (Å²) < 4.78 is 5.89. The first-order valence-corrected chi connectivity index (χ1v) is 13.7. The smallest absolute Gasteiger partial charge is 0.251 e. The van der Waals surface area contributed by atoms with Gasteiger partial charge in [-0.1, -0.05) is 48.0 Å². The third-order valence-electron chi connectivity index (χ3n) is 9.28. The van der Waals surface area contributed by atoms with Gasteiger partial charge in [-0.3, -0.25) is 19.3 Å². The highest BCUT2D eigenvalue weighted by molar-refractivity contribution is 6.21. The molecule has 4 atom stereocenters. The molecule has 2 saturated heterocycles. The number of nitrogens with one attached hydrogen (secondary N) is 2. The summed E-state index contributed by atoms with van der Waals surface area (Å²) in [6.07, 6.45) is 1.57. The number of para-hydroxylation sites is 2. The van der Waals surface area contributed by atoms with Crippen LogP contribution in [0.5, 0.6) is 5.75 Å². The molecule has 0 aromatic heterocycles. The maximum atomic E-state index is 14.9. The number of Topliss-reactive ketones (excluding diaryl/α,β-unsaturated/α-hetero) is 1. The maximum Gasteiger partial charge on any atom is 0.251 e. The second kappa shape index (κ2) is 8.26. The lowest BCUT2D eigenvalue weighted by molar-refractivity contribution is -0.137. The number of fused-ring (bicyclic) bond motifs is 7. The molecule has 2 fully saturated rings. The molecule has 2 N–H and O–H groups in total. The second-order valence-electron chi connectivity index (χ2n) is 11.2. The monoisotopic (exact) mass is 521 g/mol. The van der Waals surface area contributed by atoms with E-state index in [1.54, 1.807) is 12.1 Å². The number of hydrogen-bond acceptors (Lipinski definition) is 5. The van der Waals surface area contributed by atoms with Crippen LogP contribution in [0.15, 0.2) is 60.7 Å². The Morgan fingerprint density at radius 2 is 1.77 bits per heavy atom. The predicted octanol–water partition coefficient (Wildman–Crippen LogP) is 4.72. The van der Waals surface area contributed by atoms with Crippen LogP contribution in [0.3, 0.4) is 0 Å². The van der Waals surface area contributed by atoms with E-state index in [1.807, 2.05) is 69.3 Å². The molecule has 0 unspecified atom stereocenters. The molecular weight excluding hydrogens is 490 g/mol. The Hall–Kier alpha value is -3.97. The highest BCUT2D eigenvalue weighted by Crippen LogP contribution is 2.68. The number of rotatable bonds is 4. The Bertz CT molecular complexity index is 1580. The predicted molar refractivity (Wildman–Crippen MR) is 148 cm³/mol. The van der Waals surface area contributed by atoms with E-state index in [-0.39, 0.29) is 23.6 Å². The number of amides is 2. The van der Waals surface area contributed by atoms with Gasteiger partial charge in [-0.2, -0.15) is 0 Å². The zero-order valence-electron chi connectivity index (χ0n) is 22.3. The van der Waals surface area contributed by atoms with Gasteiger partial charge < -0.3 is 15.4 Å². The fourth-order valence-electron chi connectivity index (χ4n) is 8.16. The number of benzene rings is 3. The highest BCUT2D eigenvalue weighted by atomic mass is 16.5. The minimum absolute atomic E-state index is 0.162. The van der Waals surface area contributed by atoms with Crippen LogP contribution >= 0.6 is 0 Å². The van der Waals surface area contributed by atoms with Crippen LogP contribution in [0.2, 0.25) is 0 Å². The summed E-state index contributed by atoms with van der Waals surface area (Å²) in [6.45, 7) is 6.92. The molecule has 0 radical (unpaired) electrons. The molecule has 2 spiro atoms. The standard InChI is InChI=1S/C32H31N3O4/c1-4-39-25-14-8-5-10-20(25)28(36)26-24-13-9-15-35(24)32(22-17-18(2)16-19(3)27(22)34-30(32)38)31(26)21-11-6-7-12-23(21)33-29(31)37/h5-8,10-12,14,16-17,24,26H,4,9,13,15H2,1-3H3,(H,33,37)(H,34,38)/t24-,26+,31+,32+/m1/s1. The Morgan fingerprint density at radius 1 is 1.00 bits per heavy atom. The van der Waals surface area contributed by atoms with Gasteiger partial charge >= 0.3 is 0 Å².